The van der Waals surface area contributed by atoms with E-state index >= 15 is 0 Å². The third-order valence-corrected chi connectivity index (χ3v) is 9.99. The van der Waals surface area contributed by atoms with Gasteiger partial charge in [0, 0.05) is 37.2 Å². The van der Waals surface area contributed by atoms with Crippen molar-refractivity contribution in [1.82, 2.24) is 0 Å². The second kappa shape index (κ2) is 11.8. The van der Waals surface area contributed by atoms with Gasteiger partial charge in [-0.25, -0.2) is 0 Å². The molecular formula is C44H33NS. The van der Waals surface area contributed by atoms with Gasteiger partial charge in [-0.15, -0.1) is 11.3 Å². The highest BCUT2D eigenvalue weighted by Crippen LogP contribution is 2.41. The summed E-state index contributed by atoms with van der Waals surface area (Å²) in [6, 6.07) is 59.8. The van der Waals surface area contributed by atoms with Crippen molar-refractivity contribution in [3.63, 3.8) is 0 Å². The van der Waals surface area contributed by atoms with E-state index in [-0.39, 0.29) is 0 Å². The fourth-order valence-electron chi connectivity index (χ4n) is 6.36. The maximum atomic E-state index is 2.35. The highest BCUT2D eigenvalue weighted by molar-refractivity contribution is 7.25. The maximum absolute atomic E-state index is 2.35. The van der Waals surface area contributed by atoms with E-state index in [9.17, 15) is 0 Å². The molecule has 0 saturated carbocycles. The molecule has 1 aromatic heterocycles. The van der Waals surface area contributed by atoms with Gasteiger partial charge in [0.05, 0.1) is 0 Å². The van der Waals surface area contributed by atoms with Crippen molar-refractivity contribution >= 4 is 48.6 Å². The Labute approximate surface area is 274 Å². The van der Waals surface area contributed by atoms with Crippen molar-refractivity contribution in [3.8, 4) is 33.4 Å². The third kappa shape index (κ3) is 5.27. The van der Waals surface area contributed by atoms with Gasteiger partial charge in [-0.1, -0.05) is 120 Å². The van der Waals surface area contributed by atoms with Crippen LogP contribution >= 0.6 is 11.3 Å². The Morgan fingerprint density at radius 2 is 0.913 bits per heavy atom. The fourth-order valence-corrected chi connectivity index (χ4v) is 7.45. The monoisotopic (exact) mass is 607 g/mol. The SMILES string of the molecule is Cc1ccc(N(c2ccc(C)cc2)c2ccc(-c3ccc(-c4ccc5sc6ccccc6c5c4)cc3)c(-c3ccccc3)c2)cc1. The Bertz CT molecular complexity index is 2250. The highest BCUT2D eigenvalue weighted by Gasteiger charge is 2.16. The zero-order valence-corrected chi connectivity index (χ0v) is 26.8. The lowest BCUT2D eigenvalue weighted by Crippen LogP contribution is -2.10. The van der Waals surface area contributed by atoms with Crippen LogP contribution < -0.4 is 4.90 Å². The number of thiophene rings is 1. The van der Waals surface area contributed by atoms with Crippen LogP contribution in [0.2, 0.25) is 0 Å². The second-order valence-electron chi connectivity index (χ2n) is 12.0. The first-order valence-corrected chi connectivity index (χ1v) is 16.6. The number of benzene rings is 7. The first kappa shape index (κ1) is 28.1. The van der Waals surface area contributed by atoms with Gasteiger partial charge >= 0.3 is 0 Å². The van der Waals surface area contributed by atoms with Crippen molar-refractivity contribution in [2.75, 3.05) is 4.90 Å². The summed E-state index contributed by atoms with van der Waals surface area (Å²) in [5, 5.41) is 2.66. The van der Waals surface area contributed by atoms with E-state index in [4.69, 9.17) is 0 Å². The molecule has 1 heterocycles. The Hall–Kier alpha value is -5.44. The van der Waals surface area contributed by atoms with Gasteiger partial charge in [0.15, 0.2) is 0 Å². The van der Waals surface area contributed by atoms with Gasteiger partial charge < -0.3 is 4.90 Å². The van der Waals surface area contributed by atoms with Crippen LogP contribution in [-0.2, 0) is 0 Å². The van der Waals surface area contributed by atoms with Gasteiger partial charge in [-0.05, 0) is 102 Å². The molecule has 46 heavy (non-hydrogen) atoms. The summed E-state index contributed by atoms with van der Waals surface area (Å²) in [7, 11) is 0. The highest BCUT2D eigenvalue weighted by atomic mass is 32.1. The van der Waals surface area contributed by atoms with Gasteiger partial charge in [0.1, 0.15) is 0 Å². The van der Waals surface area contributed by atoms with E-state index in [2.05, 4.69) is 183 Å². The third-order valence-electron chi connectivity index (χ3n) is 8.84. The predicted molar refractivity (Wildman–Crippen MR) is 200 cm³/mol. The van der Waals surface area contributed by atoms with E-state index in [1.807, 2.05) is 11.3 Å². The molecule has 0 spiro atoms. The number of aryl methyl sites for hydroxylation is 2. The molecule has 0 saturated heterocycles. The quantitative estimate of drug-likeness (QED) is 0.182. The molecule has 0 unspecified atom stereocenters. The molecule has 0 bridgehead atoms. The Morgan fingerprint density at radius 1 is 0.370 bits per heavy atom. The molecule has 0 aliphatic heterocycles. The van der Waals surface area contributed by atoms with Crippen molar-refractivity contribution in [3.05, 3.63) is 175 Å². The van der Waals surface area contributed by atoms with E-state index in [1.54, 1.807) is 0 Å². The molecular weight excluding hydrogens is 575 g/mol. The van der Waals surface area contributed by atoms with Gasteiger partial charge in [0.25, 0.3) is 0 Å². The van der Waals surface area contributed by atoms with Crippen molar-refractivity contribution < 1.29 is 0 Å². The summed E-state index contributed by atoms with van der Waals surface area (Å²) < 4.78 is 2.67. The standard InChI is InChI=1S/C44H33NS/c1-30-12-21-36(22-13-30)45(37-23-14-31(2)15-24-37)38-25-26-39(41(29-38)33-8-4-3-5-9-33)34-18-16-32(17-19-34)35-20-27-44-42(28-35)40-10-6-7-11-43(40)46-44/h3-29H,1-2H3. The molecule has 2 heteroatoms. The van der Waals surface area contributed by atoms with Crippen molar-refractivity contribution in [1.29, 1.82) is 0 Å². The van der Waals surface area contributed by atoms with Gasteiger partial charge in [-0.3, -0.25) is 0 Å². The molecule has 0 atom stereocenters. The zero-order chi connectivity index (χ0) is 31.0. The van der Waals surface area contributed by atoms with Crippen molar-refractivity contribution in [2.45, 2.75) is 13.8 Å². The van der Waals surface area contributed by atoms with E-state index in [0.717, 1.165) is 17.1 Å². The number of fused-ring (bicyclic) bond motifs is 3. The molecule has 0 amide bonds. The number of hydrogen-bond acceptors (Lipinski definition) is 2. The van der Waals surface area contributed by atoms with E-state index in [1.165, 1.54) is 64.7 Å². The molecule has 0 aliphatic rings. The molecule has 0 radical (unpaired) electrons. The number of anilines is 3. The molecule has 1 nitrogen and oxygen atoms in total. The summed E-state index contributed by atoms with van der Waals surface area (Å²) in [4.78, 5) is 2.35. The van der Waals surface area contributed by atoms with Crippen LogP contribution in [0.25, 0.3) is 53.6 Å². The van der Waals surface area contributed by atoms with Crippen LogP contribution in [0.15, 0.2) is 164 Å². The van der Waals surface area contributed by atoms with Crippen LogP contribution in [0.4, 0.5) is 17.1 Å². The average Bonchev–Trinajstić information content (AvgIpc) is 3.48. The zero-order valence-electron chi connectivity index (χ0n) is 25.9. The molecule has 8 rings (SSSR count). The summed E-state index contributed by atoms with van der Waals surface area (Å²) in [5.74, 6) is 0. The summed E-state index contributed by atoms with van der Waals surface area (Å²) in [6.45, 7) is 4.27. The minimum absolute atomic E-state index is 1.13. The predicted octanol–water partition coefficient (Wildman–Crippen LogP) is 13.1. The molecule has 0 N–H and O–H groups in total. The fraction of sp³-hybridized carbons (Fsp3) is 0.0455. The number of rotatable bonds is 6. The molecule has 0 fully saturated rings. The lowest BCUT2D eigenvalue weighted by molar-refractivity contribution is 1.27. The van der Waals surface area contributed by atoms with E-state index < -0.39 is 0 Å². The largest absolute Gasteiger partial charge is 0.310 e. The normalized spacial score (nSPS) is 11.3. The molecule has 8 aromatic rings. The Kier molecular flexibility index (Phi) is 7.21. The van der Waals surface area contributed by atoms with Crippen LogP contribution in [0, 0.1) is 13.8 Å². The number of hydrogen-bond donors (Lipinski definition) is 0. The van der Waals surface area contributed by atoms with E-state index in [0.29, 0.717) is 0 Å². The maximum Gasteiger partial charge on any atom is 0.0468 e. The molecule has 0 aliphatic carbocycles. The second-order valence-corrected chi connectivity index (χ2v) is 13.1. The topological polar surface area (TPSA) is 3.24 Å². The Balaban J connectivity index is 1.22. The number of nitrogens with zero attached hydrogens (tertiary/aromatic N) is 1. The smallest absolute Gasteiger partial charge is 0.0468 e. The first-order chi connectivity index (χ1) is 22.6. The Morgan fingerprint density at radius 3 is 1.61 bits per heavy atom. The van der Waals surface area contributed by atoms with Crippen LogP contribution in [0.5, 0.6) is 0 Å². The summed E-state index contributed by atoms with van der Waals surface area (Å²) >= 11 is 1.86. The average molecular weight is 608 g/mol. The minimum Gasteiger partial charge on any atom is -0.310 e. The summed E-state index contributed by atoms with van der Waals surface area (Å²) in [6.07, 6.45) is 0. The van der Waals surface area contributed by atoms with Crippen LogP contribution in [0.3, 0.4) is 0 Å². The van der Waals surface area contributed by atoms with Crippen molar-refractivity contribution in [2.24, 2.45) is 0 Å². The lowest BCUT2D eigenvalue weighted by atomic mass is 9.92. The first-order valence-electron chi connectivity index (χ1n) is 15.8. The van der Waals surface area contributed by atoms with Crippen LogP contribution in [0.1, 0.15) is 11.1 Å². The molecule has 7 aromatic carbocycles. The lowest BCUT2D eigenvalue weighted by Gasteiger charge is -2.27. The van der Waals surface area contributed by atoms with Gasteiger partial charge in [-0.2, -0.15) is 0 Å². The minimum atomic E-state index is 1.13. The molecule has 220 valence electrons. The van der Waals surface area contributed by atoms with Gasteiger partial charge in [0.2, 0.25) is 0 Å². The van der Waals surface area contributed by atoms with Crippen LogP contribution in [-0.4, -0.2) is 0 Å². The summed E-state index contributed by atoms with van der Waals surface area (Å²) in [5.41, 5.74) is 13.2.